The number of carbonyl (C=O) groups excluding carboxylic acids is 2. The largest absolute Gasteiger partial charge is 0.497 e. The fourth-order valence-electron chi connectivity index (χ4n) is 4.27. The van der Waals surface area contributed by atoms with Crippen LogP contribution < -0.4 is 14.8 Å². The Hall–Kier alpha value is -4.44. The summed E-state index contributed by atoms with van der Waals surface area (Å²) in [6.45, 7) is 3.57. The van der Waals surface area contributed by atoms with Crippen molar-refractivity contribution in [2.75, 3.05) is 25.3 Å². The van der Waals surface area contributed by atoms with E-state index in [0.717, 1.165) is 23.1 Å². The Labute approximate surface area is 242 Å². The maximum atomic E-state index is 14.9. The molecular formula is C31H31FN4O4S. The van der Waals surface area contributed by atoms with Gasteiger partial charge < -0.3 is 19.7 Å². The third-order valence-electron chi connectivity index (χ3n) is 6.23. The van der Waals surface area contributed by atoms with Gasteiger partial charge in [-0.05, 0) is 67.9 Å². The third kappa shape index (κ3) is 7.82. The van der Waals surface area contributed by atoms with Gasteiger partial charge in [0.25, 0.3) is 5.91 Å². The molecule has 0 saturated heterocycles. The van der Waals surface area contributed by atoms with Crippen molar-refractivity contribution in [1.29, 1.82) is 0 Å². The van der Waals surface area contributed by atoms with Crippen molar-refractivity contribution in [3.05, 3.63) is 107 Å². The molecule has 1 N–H and O–H groups in total. The lowest BCUT2D eigenvalue weighted by Gasteiger charge is -2.32. The van der Waals surface area contributed by atoms with E-state index >= 15 is 0 Å². The number of thioether (sulfide) groups is 1. The molecule has 1 heterocycles. The van der Waals surface area contributed by atoms with Gasteiger partial charge in [0.15, 0.2) is 5.16 Å². The van der Waals surface area contributed by atoms with E-state index in [0.29, 0.717) is 27.9 Å². The number of aromatic nitrogens is 2. The van der Waals surface area contributed by atoms with Crippen LogP contribution in [0, 0.1) is 19.7 Å². The molecule has 0 aliphatic carbocycles. The number of carbonyl (C=O) groups is 2. The molecule has 1 atom stereocenters. The van der Waals surface area contributed by atoms with Crippen molar-refractivity contribution < 1.29 is 23.5 Å². The number of rotatable bonds is 11. The minimum Gasteiger partial charge on any atom is -0.497 e. The number of anilines is 1. The van der Waals surface area contributed by atoms with E-state index < -0.39 is 23.7 Å². The molecule has 0 saturated carbocycles. The molecule has 1 unspecified atom stereocenters. The molecule has 8 nitrogen and oxygen atoms in total. The zero-order valence-electron chi connectivity index (χ0n) is 23.3. The highest BCUT2D eigenvalue weighted by molar-refractivity contribution is 7.99. The number of nitrogens with zero attached hydrogens (tertiary/aromatic N) is 3. The maximum absolute atomic E-state index is 14.9. The van der Waals surface area contributed by atoms with Crippen molar-refractivity contribution >= 4 is 29.3 Å². The average molecular weight is 575 g/mol. The highest BCUT2D eigenvalue weighted by atomic mass is 32.2. The molecule has 1 aromatic heterocycles. The number of halogens is 1. The van der Waals surface area contributed by atoms with Crippen LogP contribution in [0.2, 0.25) is 0 Å². The van der Waals surface area contributed by atoms with Crippen LogP contribution in [0.4, 0.5) is 10.1 Å². The molecule has 212 valence electrons. The molecule has 10 heteroatoms. The quantitative estimate of drug-likeness (QED) is 0.180. The summed E-state index contributed by atoms with van der Waals surface area (Å²) in [4.78, 5) is 38.1. The Balaban J connectivity index is 1.73. The standard InChI is InChI=1S/C31H31FN4O4S/c1-20-16-21(2)34-31(33-20)41-19-28(37)36(18-23-8-5-6-11-27(23)32)29(22-9-7-10-26(17-22)40-4)30(38)35-24-12-14-25(39-3)15-13-24/h5-17,29H,18-19H2,1-4H3,(H,35,38). The molecule has 3 aromatic carbocycles. The van der Waals surface area contributed by atoms with Gasteiger partial charge in [0.1, 0.15) is 23.4 Å². The minimum atomic E-state index is -1.11. The lowest BCUT2D eigenvalue weighted by Crippen LogP contribution is -2.42. The number of nitrogens with one attached hydrogen (secondary N) is 1. The second kappa shape index (κ2) is 13.8. The van der Waals surface area contributed by atoms with E-state index in [9.17, 15) is 14.0 Å². The van der Waals surface area contributed by atoms with Crippen LogP contribution in [0.15, 0.2) is 84.0 Å². The van der Waals surface area contributed by atoms with Crippen molar-refractivity contribution in [2.24, 2.45) is 0 Å². The zero-order valence-corrected chi connectivity index (χ0v) is 24.1. The first-order valence-corrected chi connectivity index (χ1v) is 13.8. The monoisotopic (exact) mass is 574 g/mol. The van der Waals surface area contributed by atoms with E-state index in [-0.39, 0.29) is 17.9 Å². The molecule has 2 amide bonds. The second-order valence-corrected chi connectivity index (χ2v) is 10.2. The zero-order chi connectivity index (χ0) is 29.4. The van der Waals surface area contributed by atoms with Gasteiger partial charge in [0.05, 0.1) is 20.0 Å². The Kier molecular flexibility index (Phi) is 9.91. The molecule has 0 radical (unpaired) electrons. The molecule has 0 spiro atoms. The van der Waals surface area contributed by atoms with Gasteiger partial charge in [-0.25, -0.2) is 14.4 Å². The summed E-state index contributed by atoms with van der Waals surface area (Å²) < 4.78 is 25.5. The Morgan fingerprint density at radius 2 is 1.59 bits per heavy atom. The lowest BCUT2D eigenvalue weighted by atomic mass is 10.0. The predicted molar refractivity (Wildman–Crippen MR) is 157 cm³/mol. The smallest absolute Gasteiger partial charge is 0.251 e. The second-order valence-electron chi connectivity index (χ2n) is 9.23. The van der Waals surface area contributed by atoms with Crippen molar-refractivity contribution in [3.63, 3.8) is 0 Å². The van der Waals surface area contributed by atoms with Crippen LogP contribution in [0.5, 0.6) is 11.5 Å². The minimum absolute atomic E-state index is 0.0619. The van der Waals surface area contributed by atoms with E-state index in [4.69, 9.17) is 9.47 Å². The number of ether oxygens (including phenoxy) is 2. The average Bonchev–Trinajstić information content (AvgIpc) is 2.96. The number of methoxy groups -OCH3 is 2. The first-order chi connectivity index (χ1) is 19.8. The first kappa shape index (κ1) is 29.5. The Bertz CT molecular complexity index is 1500. The fraction of sp³-hybridized carbons (Fsp3) is 0.226. The summed E-state index contributed by atoms with van der Waals surface area (Å²) in [5.74, 6) is -0.251. The summed E-state index contributed by atoms with van der Waals surface area (Å²) in [7, 11) is 3.08. The van der Waals surface area contributed by atoms with Crippen molar-refractivity contribution in [2.45, 2.75) is 31.6 Å². The van der Waals surface area contributed by atoms with Gasteiger partial charge in [-0.2, -0.15) is 0 Å². The molecule has 4 aromatic rings. The number of aryl methyl sites for hydroxylation is 2. The van der Waals surface area contributed by atoms with Crippen molar-refractivity contribution in [3.8, 4) is 11.5 Å². The summed E-state index contributed by atoms with van der Waals surface area (Å²) in [5.41, 5.74) is 2.86. The fourth-order valence-corrected chi connectivity index (χ4v) is 5.11. The number of hydrogen-bond donors (Lipinski definition) is 1. The molecule has 0 fully saturated rings. The van der Waals surface area contributed by atoms with Gasteiger partial charge in [0.2, 0.25) is 5.91 Å². The van der Waals surface area contributed by atoms with Gasteiger partial charge in [0, 0.05) is 29.2 Å². The van der Waals surface area contributed by atoms with E-state index in [1.807, 2.05) is 19.9 Å². The van der Waals surface area contributed by atoms with Crippen molar-refractivity contribution in [1.82, 2.24) is 14.9 Å². The van der Waals surface area contributed by atoms with Gasteiger partial charge in [-0.15, -0.1) is 0 Å². The molecule has 0 bridgehead atoms. The highest BCUT2D eigenvalue weighted by Gasteiger charge is 2.33. The lowest BCUT2D eigenvalue weighted by molar-refractivity contribution is -0.137. The normalized spacial score (nSPS) is 11.4. The van der Waals surface area contributed by atoms with Crippen LogP contribution in [0.25, 0.3) is 0 Å². The maximum Gasteiger partial charge on any atom is 0.251 e. The molecule has 4 rings (SSSR count). The van der Waals surface area contributed by atoms with E-state index in [1.54, 1.807) is 73.8 Å². The van der Waals surface area contributed by atoms with Gasteiger partial charge in [-0.1, -0.05) is 42.1 Å². The van der Waals surface area contributed by atoms with Crippen LogP contribution >= 0.6 is 11.8 Å². The van der Waals surface area contributed by atoms with E-state index in [1.165, 1.54) is 18.1 Å². The SMILES string of the molecule is COc1ccc(NC(=O)C(c2cccc(OC)c2)N(Cc2ccccc2F)C(=O)CSc2nc(C)cc(C)n2)cc1. The number of hydrogen-bond acceptors (Lipinski definition) is 7. The van der Waals surface area contributed by atoms with E-state index in [2.05, 4.69) is 15.3 Å². The molecule has 0 aliphatic heterocycles. The van der Waals surface area contributed by atoms with Gasteiger partial charge >= 0.3 is 0 Å². The predicted octanol–water partition coefficient (Wildman–Crippen LogP) is 5.75. The number of amides is 2. The van der Waals surface area contributed by atoms with Crippen LogP contribution in [0.1, 0.15) is 28.6 Å². The topological polar surface area (TPSA) is 93.7 Å². The third-order valence-corrected chi connectivity index (χ3v) is 7.06. The Morgan fingerprint density at radius 3 is 2.24 bits per heavy atom. The number of benzene rings is 3. The highest BCUT2D eigenvalue weighted by Crippen LogP contribution is 2.30. The van der Waals surface area contributed by atoms with Crippen LogP contribution in [-0.4, -0.2) is 46.7 Å². The Morgan fingerprint density at radius 1 is 0.902 bits per heavy atom. The molecule has 41 heavy (non-hydrogen) atoms. The summed E-state index contributed by atoms with van der Waals surface area (Å²) in [6, 6.07) is 20.7. The van der Waals surface area contributed by atoms with Crippen LogP contribution in [-0.2, 0) is 16.1 Å². The van der Waals surface area contributed by atoms with Gasteiger partial charge in [-0.3, -0.25) is 9.59 Å². The molecule has 0 aliphatic rings. The molecular weight excluding hydrogens is 543 g/mol. The first-order valence-electron chi connectivity index (χ1n) is 12.8. The summed E-state index contributed by atoms with van der Waals surface area (Å²) in [5, 5.41) is 3.35. The summed E-state index contributed by atoms with van der Waals surface area (Å²) in [6.07, 6.45) is 0. The summed E-state index contributed by atoms with van der Waals surface area (Å²) >= 11 is 1.16. The van der Waals surface area contributed by atoms with Crippen LogP contribution in [0.3, 0.4) is 0 Å².